The number of carbonyl (C=O) groups excluding carboxylic acids is 3. The van der Waals surface area contributed by atoms with E-state index in [4.69, 9.17) is 17.3 Å². The Balaban J connectivity index is 1.31. The quantitative estimate of drug-likeness (QED) is 0.301. The minimum atomic E-state index is -0.894. The molecule has 0 aromatic heterocycles. The molecule has 5 aliphatic rings. The van der Waals surface area contributed by atoms with Gasteiger partial charge in [-0.3, -0.25) is 14.5 Å². The number of primary amides is 1. The zero-order chi connectivity index (χ0) is 30.4. The first kappa shape index (κ1) is 29.1. The van der Waals surface area contributed by atoms with Gasteiger partial charge in [0.05, 0.1) is 12.6 Å². The molecule has 1 aliphatic heterocycles. The van der Waals surface area contributed by atoms with Crippen molar-refractivity contribution in [1.29, 1.82) is 0 Å². The van der Waals surface area contributed by atoms with Crippen LogP contribution in [0.3, 0.4) is 0 Å². The van der Waals surface area contributed by atoms with Gasteiger partial charge >= 0.3 is 6.03 Å². The summed E-state index contributed by atoms with van der Waals surface area (Å²) in [5, 5.41) is 0.449. The molecule has 6 nitrogen and oxygen atoms in total. The smallest absolute Gasteiger partial charge is 0.320 e. The van der Waals surface area contributed by atoms with E-state index in [1.807, 2.05) is 48.5 Å². The van der Waals surface area contributed by atoms with Gasteiger partial charge in [0.1, 0.15) is 6.04 Å². The number of carbonyl (C=O) groups is 3. The number of halogens is 1. The summed E-state index contributed by atoms with van der Waals surface area (Å²) < 4.78 is 0. The first-order valence-electron chi connectivity index (χ1n) is 16.1. The molecule has 0 radical (unpaired) electrons. The molecule has 8 rings (SSSR count). The Hall–Kier alpha value is -3.64. The van der Waals surface area contributed by atoms with Gasteiger partial charge in [-0.2, -0.15) is 0 Å². The summed E-state index contributed by atoms with van der Waals surface area (Å²) in [5.41, 5.74) is 8.27. The number of hydrogen-bond acceptors (Lipinski definition) is 3. The van der Waals surface area contributed by atoms with Crippen LogP contribution in [-0.4, -0.2) is 35.2 Å². The van der Waals surface area contributed by atoms with Crippen molar-refractivity contribution in [3.63, 3.8) is 0 Å². The summed E-state index contributed by atoms with van der Waals surface area (Å²) in [6, 6.07) is 25.2. The summed E-state index contributed by atoms with van der Waals surface area (Å²) in [6.07, 6.45) is 7.59. The second-order valence-electron chi connectivity index (χ2n) is 13.8. The van der Waals surface area contributed by atoms with Gasteiger partial charge in [0.15, 0.2) is 5.78 Å². The predicted molar refractivity (Wildman–Crippen MR) is 172 cm³/mol. The van der Waals surface area contributed by atoms with Crippen LogP contribution in [-0.2, 0) is 9.59 Å². The fraction of sp³-hybridized carbons (Fsp3) is 0.432. The number of benzene rings is 3. The van der Waals surface area contributed by atoms with Crippen molar-refractivity contribution < 1.29 is 14.4 Å². The summed E-state index contributed by atoms with van der Waals surface area (Å²) in [4.78, 5) is 45.9. The van der Waals surface area contributed by atoms with Gasteiger partial charge in [0, 0.05) is 16.1 Å². The van der Waals surface area contributed by atoms with Crippen molar-refractivity contribution in [2.24, 2.45) is 28.9 Å². The maximum absolute atomic E-state index is 15.0. The Bertz CT molecular complexity index is 1510. The number of rotatable bonds is 7. The minimum Gasteiger partial charge on any atom is -0.351 e. The first-order chi connectivity index (χ1) is 21.3. The van der Waals surface area contributed by atoms with E-state index in [2.05, 4.69) is 12.1 Å². The predicted octanol–water partition coefficient (Wildman–Crippen LogP) is 7.53. The van der Waals surface area contributed by atoms with Crippen LogP contribution in [0, 0.1) is 23.2 Å². The van der Waals surface area contributed by atoms with E-state index in [1.54, 1.807) is 29.2 Å². The Morgan fingerprint density at radius 3 is 1.95 bits per heavy atom. The fourth-order valence-electron chi connectivity index (χ4n) is 9.46. The molecule has 2 N–H and O–H groups in total. The third-order valence-electron chi connectivity index (χ3n) is 11.0. The summed E-state index contributed by atoms with van der Waals surface area (Å²) >= 11 is 6.36. The van der Waals surface area contributed by atoms with E-state index < -0.39 is 12.1 Å². The number of ketones is 1. The molecule has 3 atom stereocenters. The van der Waals surface area contributed by atoms with Gasteiger partial charge in [-0.1, -0.05) is 78.3 Å². The average molecular weight is 610 g/mol. The van der Waals surface area contributed by atoms with Crippen LogP contribution in [0.2, 0.25) is 5.02 Å². The zero-order valence-corrected chi connectivity index (χ0v) is 25.7. The van der Waals surface area contributed by atoms with Crippen LogP contribution in [0.25, 0.3) is 0 Å². The van der Waals surface area contributed by atoms with Crippen LogP contribution in [0.1, 0.15) is 74.5 Å². The number of urea groups is 1. The highest BCUT2D eigenvalue weighted by atomic mass is 35.5. The molecule has 1 saturated heterocycles. The second kappa shape index (κ2) is 11.7. The third kappa shape index (κ3) is 5.42. The average Bonchev–Trinajstić information content (AvgIpc) is 3.14. The number of nitrogens with zero attached hydrogens (tertiary/aromatic N) is 2. The van der Waals surface area contributed by atoms with Crippen LogP contribution in [0.4, 0.5) is 10.5 Å². The fourth-order valence-corrected chi connectivity index (χ4v) is 9.65. The van der Waals surface area contributed by atoms with Crippen molar-refractivity contribution in [2.45, 2.75) is 69.4 Å². The molecule has 5 fully saturated rings. The molecule has 0 spiro atoms. The molecule has 4 aliphatic carbocycles. The van der Waals surface area contributed by atoms with E-state index in [0.29, 0.717) is 41.3 Å². The third-order valence-corrected chi connectivity index (χ3v) is 11.2. The van der Waals surface area contributed by atoms with Gasteiger partial charge in [-0.05, 0) is 104 Å². The number of hydrogen-bond donors (Lipinski definition) is 1. The Kier molecular flexibility index (Phi) is 7.74. The topological polar surface area (TPSA) is 83.7 Å². The van der Waals surface area contributed by atoms with Crippen LogP contribution < -0.4 is 10.6 Å². The lowest BCUT2D eigenvalue weighted by atomic mass is 9.48. The van der Waals surface area contributed by atoms with Gasteiger partial charge < -0.3 is 10.6 Å². The molecule has 1 heterocycles. The largest absolute Gasteiger partial charge is 0.351 e. The zero-order valence-electron chi connectivity index (χ0n) is 25.0. The highest BCUT2D eigenvalue weighted by molar-refractivity contribution is 6.31. The van der Waals surface area contributed by atoms with Gasteiger partial charge in [0.25, 0.3) is 0 Å². The summed E-state index contributed by atoms with van der Waals surface area (Å²) in [6.45, 7) is 0.0463. The molecule has 4 bridgehead atoms. The highest BCUT2D eigenvalue weighted by Gasteiger charge is 2.55. The van der Waals surface area contributed by atoms with Crippen LogP contribution in [0.15, 0.2) is 84.9 Å². The van der Waals surface area contributed by atoms with Crippen molar-refractivity contribution in [1.82, 2.24) is 4.90 Å². The highest BCUT2D eigenvalue weighted by Crippen LogP contribution is 2.60. The minimum absolute atomic E-state index is 0.0463. The normalized spacial score (nSPS) is 31.0. The number of anilines is 1. The molecule has 3 aromatic rings. The number of amides is 3. The van der Waals surface area contributed by atoms with E-state index in [-0.39, 0.29) is 35.6 Å². The number of likely N-dealkylation sites (tertiary alicyclic amines) is 1. The summed E-state index contributed by atoms with van der Waals surface area (Å²) in [5.74, 6) is 1.76. The van der Waals surface area contributed by atoms with Gasteiger partial charge in [-0.15, -0.1) is 0 Å². The lowest BCUT2D eigenvalue weighted by molar-refractivity contribution is -0.150. The molecule has 7 heteroatoms. The Morgan fingerprint density at radius 1 is 0.795 bits per heavy atom. The molecule has 44 heavy (non-hydrogen) atoms. The monoisotopic (exact) mass is 609 g/mol. The van der Waals surface area contributed by atoms with Gasteiger partial charge in [0.2, 0.25) is 5.91 Å². The van der Waals surface area contributed by atoms with E-state index in [1.165, 1.54) is 24.2 Å². The molecule has 3 amide bonds. The molecular formula is C37H40ClN3O3. The van der Waals surface area contributed by atoms with Crippen molar-refractivity contribution in [2.75, 3.05) is 11.4 Å². The molecule has 228 valence electrons. The molecular weight excluding hydrogens is 570 g/mol. The SMILES string of the molecule is NC(=O)N(c1cccc(Cl)c1)C1CC(c2ccccc2)CC(c2ccccc2)N(CC(=O)C23CC4CC(CC(C4)C2)C3)C1=O. The first-order valence-corrected chi connectivity index (χ1v) is 16.5. The maximum atomic E-state index is 15.0. The standard InChI is InChI=1S/C37H40ClN3O3/c38-30-12-7-13-31(19-30)41(36(39)44)33-18-29(27-8-3-1-4-9-27)17-32(28-10-5-2-6-11-28)40(35(33)43)23-34(42)37-20-24-14-25(21-37)16-26(15-24)22-37/h1-13,19,24-26,29,32-33H,14-18,20-23H2,(H2,39,44). The van der Waals surface area contributed by atoms with E-state index >= 15 is 0 Å². The Morgan fingerprint density at radius 2 is 1.39 bits per heavy atom. The second-order valence-corrected chi connectivity index (χ2v) is 14.2. The number of Topliss-reactive ketones (excluding diaryl/α,β-unsaturated/α-hetero) is 1. The molecule has 3 aromatic carbocycles. The van der Waals surface area contributed by atoms with Crippen LogP contribution >= 0.6 is 11.6 Å². The lowest BCUT2D eigenvalue weighted by Gasteiger charge is -2.56. The van der Waals surface area contributed by atoms with E-state index in [9.17, 15) is 14.4 Å². The van der Waals surface area contributed by atoms with Gasteiger partial charge in [-0.25, -0.2) is 4.79 Å². The molecule has 3 unspecified atom stereocenters. The maximum Gasteiger partial charge on any atom is 0.320 e. The lowest BCUT2D eigenvalue weighted by Crippen LogP contribution is -2.56. The number of nitrogens with two attached hydrogens (primary N) is 1. The van der Waals surface area contributed by atoms with E-state index in [0.717, 1.165) is 30.4 Å². The Labute approximate surface area is 264 Å². The van der Waals surface area contributed by atoms with Crippen LogP contribution in [0.5, 0.6) is 0 Å². The summed E-state index contributed by atoms with van der Waals surface area (Å²) in [7, 11) is 0. The molecule has 4 saturated carbocycles. The van der Waals surface area contributed by atoms with Crippen molar-refractivity contribution in [3.8, 4) is 0 Å². The van der Waals surface area contributed by atoms with Crippen molar-refractivity contribution >= 4 is 35.0 Å². The van der Waals surface area contributed by atoms with Crippen molar-refractivity contribution in [3.05, 3.63) is 101 Å².